The average molecular weight is 203 g/mol. The molecule has 0 aromatic heterocycles. The Morgan fingerprint density at radius 1 is 1.38 bits per heavy atom. The first-order valence-corrected chi connectivity index (χ1v) is 5.83. The Morgan fingerprint density at radius 3 is 2.46 bits per heavy atom. The van der Waals surface area contributed by atoms with Crippen molar-refractivity contribution in [2.45, 2.75) is 26.2 Å². The SMILES string of the molecule is CCCN(CCO)CC1(CS)CC1. The van der Waals surface area contributed by atoms with E-state index in [0.717, 1.165) is 25.4 Å². The molecule has 1 aliphatic rings. The minimum absolute atomic E-state index is 0.280. The average Bonchev–Trinajstić information content (AvgIpc) is 2.87. The Labute approximate surface area is 86.7 Å². The second-order valence-corrected chi connectivity index (χ2v) is 4.47. The van der Waals surface area contributed by atoms with Crippen LogP contribution >= 0.6 is 12.6 Å². The molecule has 1 N–H and O–H groups in total. The summed E-state index contributed by atoms with van der Waals surface area (Å²) in [5.74, 6) is 0.999. The standard InChI is InChI=1S/C10H21NOS/c1-2-5-11(6-7-12)8-10(9-13)3-4-10/h12-13H,2-9H2,1H3. The van der Waals surface area contributed by atoms with Crippen LogP contribution in [-0.4, -0.2) is 42.0 Å². The summed E-state index contributed by atoms with van der Waals surface area (Å²) in [6.07, 6.45) is 3.81. The molecular weight excluding hydrogens is 182 g/mol. The maximum absolute atomic E-state index is 8.89. The number of hydrogen-bond donors (Lipinski definition) is 2. The zero-order valence-corrected chi connectivity index (χ0v) is 9.39. The first-order valence-electron chi connectivity index (χ1n) is 5.20. The normalized spacial score (nSPS) is 19.4. The van der Waals surface area contributed by atoms with Crippen LogP contribution in [0.2, 0.25) is 0 Å². The van der Waals surface area contributed by atoms with Gasteiger partial charge in [0.1, 0.15) is 0 Å². The summed E-state index contributed by atoms with van der Waals surface area (Å²) in [5.41, 5.74) is 0.494. The van der Waals surface area contributed by atoms with Crippen LogP contribution in [0, 0.1) is 5.41 Å². The van der Waals surface area contributed by atoms with Gasteiger partial charge in [-0.1, -0.05) is 6.92 Å². The van der Waals surface area contributed by atoms with Gasteiger partial charge in [0.2, 0.25) is 0 Å². The first-order chi connectivity index (χ1) is 6.26. The highest BCUT2D eigenvalue weighted by atomic mass is 32.1. The molecular formula is C10H21NOS. The van der Waals surface area contributed by atoms with E-state index >= 15 is 0 Å². The van der Waals surface area contributed by atoms with Crippen LogP contribution < -0.4 is 0 Å². The van der Waals surface area contributed by atoms with Crippen LogP contribution in [0.3, 0.4) is 0 Å². The van der Waals surface area contributed by atoms with Crippen LogP contribution in [0.25, 0.3) is 0 Å². The number of aliphatic hydroxyl groups is 1. The fourth-order valence-corrected chi connectivity index (χ4v) is 2.16. The van der Waals surface area contributed by atoms with Crippen molar-refractivity contribution in [3.63, 3.8) is 0 Å². The molecule has 0 saturated heterocycles. The lowest BCUT2D eigenvalue weighted by molar-refractivity contribution is 0.174. The molecule has 3 heteroatoms. The third-order valence-electron chi connectivity index (χ3n) is 2.81. The van der Waals surface area contributed by atoms with Crippen molar-refractivity contribution in [3.05, 3.63) is 0 Å². The van der Waals surface area contributed by atoms with E-state index < -0.39 is 0 Å². The molecule has 1 rings (SSSR count). The van der Waals surface area contributed by atoms with Crippen molar-refractivity contribution in [2.75, 3.05) is 32.0 Å². The number of hydrogen-bond acceptors (Lipinski definition) is 3. The number of nitrogens with zero attached hydrogens (tertiary/aromatic N) is 1. The maximum Gasteiger partial charge on any atom is 0.0558 e. The monoisotopic (exact) mass is 203 g/mol. The Balaban J connectivity index is 2.28. The minimum atomic E-state index is 0.280. The van der Waals surface area contributed by atoms with Gasteiger partial charge < -0.3 is 10.0 Å². The van der Waals surface area contributed by atoms with Crippen LogP contribution in [0.4, 0.5) is 0 Å². The molecule has 1 fully saturated rings. The highest BCUT2D eigenvalue weighted by Gasteiger charge is 2.42. The second kappa shape index (κ2) is 5.23. The highest BCUT2D eigenvalue weighted by Crippen LogP contribution is 2.46. The smallest absolute Gasteiger partial charge is 0.0558 e. The zero-order valence-electron chi connectivity index (χ0n) is 8.50. The molecule has 2 nitrogen and oxygen atoms in total. The van der Waals surface area contributed by atoms with Crippen molar-refractivity contribution in [1.82, 2.24) is 4.90 Å². The Hall–Kier alpha value is 0.270. The summed E-state index contributed by atoms with van der Waals surface area (Å²) in [4.78, 5) is 2.36. The van der Waals surface area contributed by atoms with Crippen molar-refractivity contribution >= 4 is 12.6 Å². The predicted molar refractivity (Wildman–Crippen MR) is 59.3 cm³/mol. The summed E-state index contributed by atoms with van der Waals surface area (Å²) in [6.45, 7) is 5.53. The van der Waals surface area contributed by atoms with E-state index in [0.29, 0.717) is 5.41 Å². The molecule has 78 valence electrons. The lowest BCUT2D eigenvalue weighted by Crippen LogP contribution is -2.34. The van der Waals surface area contributed by atoms with Gasteiger partial charge >= 0.3 is 0 Å². The van der Waals surface area contributed by atoms with Crippen LogP contribution in [0.15, 0.2) is 0 Å². The van der Waals surface area contributed by atoms with E-state index in [-0.39, 0.29) is 6.61 Å². The van der Waals surface area contributed by atoms with Crippen LogP contribution in [0.5, 0.6) is 0 Å². The molecule has 0 aliphatic heterocycles. The Kier molecular flexibility index (Phi) is 4.56. The lowest BCUT2D eigenvalue weighted by Gasteiger charge is -2.25. The van der Waals surface area contributed by atoms with Crippen molar-refractivity contribution in [2.24, 2.45) is 5.41 Å². The summed E-state index contributed by atoms with van der Waals surface area (Å²) in [6, 6.07) is 0. The van der Waals surface area contributed by atoms with Crippen LogP contribution in [0.1, 0.15) is 26.2 Å². The van der Waals surface area contributed by atoms with Gasteiger partial charge in [-0.25, -0.2) is 0 Å². The minimum Gasteiger partial charge on any atom is -0.395 e. The van der Waals surface area contributed by atoms with E-state index in [4.69, 9.17) is 5.11 Å². The lowest BCUT2D eigenvalue weighted by atomic mass is 10.1. The fourth-order valence-electron chi connectivity index (χ4n) is 1.74. The predicted octanol–water partition coefficient (Wildman–Crippen LogP) is 1.40. The summed E-state index contributed by atoms with van der Waals surface area (Å²) in [7, 11) is 0. The van der Waals surface area contributed by atoms with E-state index in [2.05, 4.69) is 24.5 Å². The summed E-state index contributed by atoms with van der Waals surface area (Å²) >= 11 is 4.39. The Morgan fingerprint density at radius 2 is 2.08 bits per heavy atom. The third kappa shape index (κ3) is 3.49. The fraction of sp³-hybridized carbons (Fsp3) is 1.00. The van der Waals surface area contributed by atoms with Gasteiger partial charge in [-0.2, -0.15) is 12.6 Å². The molecule has 0 aromatic carbocycles. The highest BCUT2D eigenvalue weighted by molar-refractivity contribution is 7.80. The van der Waals surface area contributed by atoms with E-state index in [1.54, 1.807) is 0 Å². The maximum atomic E-state index is 8.89. The van der Waals surface area contributed by atoms with E-state index in [1.807, 2.05) is 0 Å². The van der Waals surface area contributed by atoms with Gasteiger partial charge in [0.05, 0.1) is 6.61 Å². The molecule has 0 amide bonds. The summed E-state index contributed by atoms with van der Waals surface area (Å²) < 4.78 is 0. The molecule has 0 aromatic rings. The molecule has 0 bridgehead atoms. The van der Waals surface area contributed by atoms with Gasteiger partial charge in [-0.3, -0.25) is 0 Å². The molecule has 0 spiro atoms. The third-order valence-corrected chi connectivity index (χ3v) is 3.48. The molecule has 0 heterocycles. The van der Waals surface area contributed by atoms with E-state index in [1.165, 1.54) is 19.3 Å². The van der Waals surface area contributed by atoms with Gasteiger partial charge in [-0.15, -0.1) is 0 Å². The quantitative estimate of drug-likeness (QED) is 0.611. The molecule has 0 radical (unpaired) electrons. The van der Waals surface area contributed by atoms with Gasteiger partial charge in [0.25, 0.3) is 0 Å². The van der Waals surface area contributed by atoms with Crippen molar-refractivity contribution in [1.29, 1.82) is 0 Å². The van der Waals surface area contributed by atoms with Gasteiger partial charge in [0.15, 0.2) is 0 Å². The van der Waals surface area contributed by atoms with E-state index in [9.17, 15) is 0 Å². The topological polar surface area (TPSA) is 23.5 Å². The number of aliphatic hydroxyl groups excluding tert-OH is 1. The molecule has 1 saturated carbocycles. The molecule has 13 heavy (non-hydrogen) atoms. The second-order valence-electron chi connectivity index (χ2n) is 4.16. The van der Waals surface area contributed by atoms with Gasteiger partial charge in [0, 0.05) is 13.1 Å². The van der Waals surface area contributed by atoms with Crippen molar-refractivity contribution in [3.8, 4) is 0 Å². The van der Waals surface area contributed by atoms with Crippen LogP contribution in [-0.2, 0) is 0 Å². The molecule has 1 aliphatic carbocycles. The largest absolute Gasteiger partial charge is 0.395 e. The van der Waals surface area contributed by atoms with Crippen molar-refractivity contribution < 1.29 is 5.11 Å². The van der Waals surface area contributed by atoms with Gasteiger partial charge in [-0.05, 0) is 37.0 Å². The number of thiol groups is 1. The number of rotatable bonds is 7. The molecule has 0 unspecified atom stereocenters. The molecule has 0 atom stereocenters. The Bertz CT molecular complexity index is 142. The zero-order chi connectivity index (χ0) is 9.73. The first kappa shape index (κ1) is 11.3. The summed E-state index contributed by atoms with van der Waals surface area (Å²) in [5, 5.41) is 8.89.